The van der Waals surface area contributed by atoms with Crippen molar-refractivity contribution in [3.63, 3.8) is 0 Å². The van der Waals surface area contributed by atoms with Gasteiger partial charge in [0.25, 0.3) is 5.91 Å². The number of carbonyl (C=O) groups is 1. The minimum absolute atomic E-state index is 0.154. The van der Waals surface area contributed by atoms with Crippen LogP contribution in [0.2, 0.25) is 0 Å². The molecule has 3 aromatic heterocycles. The highest BCUT2D eigenvalue weighted by Crippen LogP contribution is 2.32. The van der Waals surface area contributed by atoms with Gasteiger partial charge in [0.15, 0.2) is 0 Å². The molecule has 2 aromatic carbocycles. The first-order valence-electron chi connectivity index (χ1n) is 10.5. The first-order valence-corrected chi connectivity index (χ1v) is 10.5. The van der Waals surface area contributed by atoms with E-state index in [0.29, 0.717) is 23.6 Å². The third kappa shape index (κ3) is 4.29. The number of hydrogen-bond acceptors (Lipinski definition) is 5. The largest absolute Gasteiger partial charge is 0.456 e. The van der Waals surface area contributed by atoms with Gasteiger partial charge in [-0.2, -0.15) is 5.10 Å². The molecule has 7 heteroatoms. The molecule has 0 saturated carbocycles. The van der Waals surface area contributed by atoms with Crippen molar-refractivity contribution in [2.75, 3.05) is 0 Å². The minimum atomic E-state index is -0.154. The number of ether oxygens (including phenoxy) is 1. The average Bonchev–Trinajstić information content (AvgIpc) is 3.39. The van der Waals surface area contributed by atoms with Crippen LogP contribution in [0.15, 0.2) is 91.6 Å². The zero-order chi connectivity index (χ0) is 22.6. The standard InChI is InChI=1S/C26H21N5O2/c1-18-21(26(32)29-17-19-8-12-27-13-9-19)4-2-5-24(18)33-25-10-14-28-23-16-20(6-7-22(23)25)31-15-3-11-30-31/h2-16H,17H2,1H3,(H,29,32). The Morgan fingerprint density at radius 1 is 0.970 bits per heavy atom. The van der Waals surface area contributed by atoms with Gasteiger partial charge in [0, 0.05) is 54.0 Å². The third-order valence-electron chi connectivity index (χ3n) is 5.41. The molecule has 0 bridgehead atoms. The first kappa shape index (κ1) is 20.4. The fraction of sp³-hybridized carbons (Fsp3) is 0.0769. The number of aromatic nitrogens is 4. The Labute approximate surface area is 190 Å². The van der Waals surface area contributed by atoms with Gasteiger partial charge in [-0.1, -0.05) is 6.07 Å². The van der Waals surface area contributed by atoms with Crippen LogP contribution in [0.5, 0.6) is 11.5 Å². The molecule has 0 saturated heterocycles. The molecule has 5 rings (SSSR count). The van der Waals surface area contributed by atoms with Crippen LogP contribution in [0.25, 0.3) is 16.6 Å². The van der Waals surface area contributed by atoms with Crippen molar-refractivity contribution in [3.05, 3.63) is 108 Å². The second-order valence-corrected chi connectivity index (χ2v) is 7.53. The lowest BCUT2D eigenvalue weighted by Crippen LogP contribution is -2.23. The van der Waals surface area contributed by atoms with Gasteiger partial charge in [0.1, 0.15) is 11.5 Å². The lowest BCUT2D eigenvalue weighted by atomic mass is 10.1. The van der Waals surface area contributed by atoms with Crippen LogP contribution < -0.4 is 10.1 Å². The van der Waals surface area contributed by atoms with Crippen LogP contribution in [0.3, 0.4) is 0 Å². The Bertz CT molecular complexity index is 1420. The number of pyridine rings is 2. The van der Waals surface area contributed by atoms with E-state index in [2.05, 4.69) is 20.4 Å². The van der Waals surface area contributed by atoms with E-state index in [4.69, 9.17) is 4.74 Å². The second-order valence-electron chi connectivity index (χ2n) is 7.53. The molecule has 1 amide bonds. The van der Waals surface area contributed by atoms with Crippen LogP contribution in [-0.2, 0) is 6.54 Å². The lowest BCUT2D eigenvalue weighted by molar-refractivity contribution is 0.0950. The summed E-state index contributed by atoms with van der Waals surface area (Å²) in [6.45, 7) is 2.31. The molecule has 0 aliphatic heterocycles. The summed E-state index contributed by atoms with van der Waals surface area (Å²) in [5.41, 5.74) is 4.04. The molecule has 0 aliphatic carbocycles. The highest BCUT2D eigenvalue weighted by atomic mass is 16.5. The molecule has 0 spiro atoms. The van der Waals surface area contributed by atoms with E-state index < -0.39 is 0 Å². The molecule has 7 nitrogen and oxygen atoms in total. The second kappa shape index (κ2) is 8.92. The molecule has 1 N–H and O–H groups in total. The van der Waals surface area contributed by atoms with E-state index in [1.807, 2.05) is 67.7 Å². The average molecular weight is 435 g/mol. The number of nitrogens with zero attached hydrogens (tertiary/aromatic N) is 4. The number of amides is 1. The van der Waals surface area contributed by atoms with Gasteiger partial charge in [-0.3, -0.25) is 14.8 Å². The highest BCUT2D eigenvalue weighted by molar-refractivity contribution is 5.96. The van der Waals surface area contributed by atoms with Crippen LogP contribution in [0.1, 0.15) is 21.5 Å². The summed E-state index contributed by atoms with van der Waals surface area (Å²) in [5.74, 6) is 1.14. The molecule has 3 heterocycles. The molecule has 5 aromatic rings. The molecule has 0 atom stereocenters. The van der Waals surface area contributed by atoms with E-state index in [1.165, 1.54) is 0 Å². The topological polar surface area (TPSA) is 81.9 Å². The zero-order valence-electron chi connectivity index (χ0n) is 18.0. The van der Waals surface area contributed by atoms with E-state index in [9.17, 15) is 4.79 Å². The van der Waals surface area contributed by atoms with Crippen molar-refractivity contribution in [2.45, 2.75) is 13.5 Å². The molecular weight excluding hydrogens is 414 g/mol. The molecule has 162 valence electrons. The summed E-state index contributed by atoms with van der Waals surface area (Å²) in [7, 11) is 0. The molecule has 0 unspecified atom stereocenters. The van der Waals surface area contributed by atoms with Gasteiger partial charge >= 0.3 is 0 Å². The zero-order valence-corrected chi connectivity index (χ0v) is 18.0. The smallest absolute Gasteiger partial charge is 0.251 e. The number of benzene rings is 2. The predicted octanol–water partition coefficient (Wildman–Crippen LogP) is 4.85. The summed E-state index contributed by atoms with van der Waals surface area (Å²) in [6.07, 6.45) is 8.75. The molecular formula is C26H21N5O2. The number of nitrogens with one attached hydrogen (secondary N) is 1. The summed E-state index contributed by atoms with van der Waals surface area (Å²) in [4.78, 5) is 21.3. The van der Waals surface area contributed by atoms with E-state index in [1.54, 1.807) is 35.5 Å². The van der Waals surface area contributed by atoms with Crippen LogP contribution in [-0.4, -0.2) is 25.7 Å². The van der Waals surface area contributed by atoms with Crippen molar-refractivity contribution in [2.24, 2.45) is 0 Å². The summed E-state index contributed by atoms with van der Waals surface area (Å²) >= 11 is 0. The maximum atomic E-state index is 12.8. The number of rotatable bonds is 6. The van der Waals surface area contributed by atoms with Crippen molar-refractivity contribution in [1.29, 1.82) is 0 Å². The number of carbonyl (C=O) groups excluding carboxylic acids is 1. The predicted molar refractivity (Wildman–Crippen MR) is 126 cm³/mol. The van der Waals surface area contributed by atoms with Crippen molar-refractivity contribution >= 4 is 16.8 Å². The van der Waals surface area contributed by atoms with Gasteiger partial charge in [-0.05, 0) is 67.1 Å². The first-order chi connectivity index (χ1) is 16.2. The van der Waals surface area contributed by atoms with E-state index >= 15 is 0 Å². The van der Waals surface area contributed by atoms with Crippen LogP contribution >= 0.6 is 0 Å². The van der Waals surface area contributed by atoms with Crippen molar-refractivity contribution in [1.82, 2.24) is 25.1 Å². The highest BCUT2D eigenvalue weighted by Gasteiger charge is 2.14. The third-order valence-corrected chi connectivity index (χ3v) is 5.41. The Hall–Kier alpha value is -4.52. The van der Waals surface area contributed by atoms with E-state index in [-0.39, 0.29) is 5.91 Å². The molecule has 0 fully saturated rings. The summed E-state index contributed by atoms with van der Waals surface area (Å²) in [5, 5.41) is 8.10. The monoisotopic (exact) mass is 435 g/mol. The molecule has 0 radical (unpaired) electrons. The maximum absolute atomic E-state index is 12.8. The van der Waals surface area contributed by atoms with E-state index in [0.717, 1.165) is 27.7 Å². The Morgan fingerprint density at radius 2 is 1.85 bits per heavy atom. The summed E-state index contributed by atoms with van der Waals surface area (Å²) < 4.78 is 8.04. The van der Waals surface area contributed by atoms with Gasteiger partial charge in [-0.25, -0.2) is 4.68 Å². The lowest BCUT2D eigenvalue weighted by Gasteiger charge is -2.14. The number of hydrogen-bond donors (Lipinski definition) is 1. The van der Waals surface area contributed by atoms with Gasteiger partial charge in [-0.15, -0.1) is 0 Å². The Balaban J connectivity index is 1.40. The Morgan fingerprint density at radius 3 is 2.67 bits per heavy atom. The van der Waals surface area contributed by atoms with Crippen LogP contribution in [0.4, 0.5) is 0 Å². The Kier molecular flexibility index (Phi) is 5.51. The van der Waals surface area contributed by atoms with Gasteiger partial charge in [0.2, 0.25) is 0 Å². The van der Waals surface area contributed by atoms with Gasteiger partial charge in [0.05, 0.1) is 11.2 Å². The van der Waals surface area contributed by atoms with Crippen molar-refractivity contribution < 1.29 is 9.53 Å². The normalized spacial score (nSPS) is 10.8. The van der Waals surface area contributed by atoms with Gasteiger partial charge < -0.3 is 10.1 Å². The maximum Gasteiger partial charge on any atom is 0.251 e. The molecule has 33 heavy (non-hydrogen) atoms. The van der Waals surface area contributed by atoms with Crippen LogP contribution in [0, 0.1) is 6.92 Å². The quantitative estimate of drug-likeness (QED) is 0.412. The molecule has 0 aliphatic rings. The number of fused-ring (bicyclic) bond motifs is 1. The summed E-state index contributed by atoms with van der Waals surface area (Å²) in [6, 6.07) is 18.8. The fourth-order valence-electron chi connectivity index (χ4n) is 3.63. The SMILES string of the molecule is Cc1c(Oc2ccnc3cc(-n4cccn4)ccc23)cccc1C(=O)NCc1ccncc1. The minimum Gasteiger partial charge on any atom is -0.456 e. The fourth-order valence-corrected chi connectivity index (χ4v) is 3.63. The van der Waals surface area contributed by atoms with Crippen molar-refractivity contribution in [3.8, 4) is 17.2 Å².